The van der Waals surface area contributed by atoms with Gasteiger partial charge in [0.2, 0.25) is 5.91 Å². The van der Waals surface area contributed by atoms with Crippen LogP contribution in [0.5, 0.6) is 0 Å². The van der Waals surface area contributed by atoms with Gasteiger partial charge in [0.25, 0.3) is 0 Å². The van der Waals surface area contributed by atoms with E-state index in [2.05, 4.69) is 0 Å². The molecule has 0 saturated carbocycles. The second kappa shape index (κ2) is 7.17. The molecule has 1 aliphatic heterocycles. The summed E-state index contributed by atoms with van der Waals surface area (Å²) in [5, 5.41) is 0. The van der Waals surface area contributed by atoms with Gasteiger partial charge in [-0.25, -0.2) is 0 Å². The van der Waals surface area contributed by atoms with Gasteiger partial charge in [0.15, 0.2) is 0 Å². The zero-order valence-electron chi connectivity index (χ0n) is 12.0. The van der Waals surface area contributed by atoms with Crippen LogP contribution in [0.25, 0.3) is 0 Å². The molecule has 1 aliphatic rings. The van der Waals surface area contributed by atoms with Gasteiger partial charge in [-0.3, -0.25) is 4.79 Å². The first-order chi connectivity index (χ1) is 8.99. The average molecular weight is 288 g/mol. The van der Waals surface area contributed by atoms with Crippen molar-refractivity contribution in [3.8, 4) is 0 Å². The van der Waals surface area contributed by atoms with E-state index in [0.717, 1.165) is 0 Å². The fourth-order valence-corrected chi connectivity index (χ4v) is 2.84. The van der Waals surface area contributed by atoms with Crippen molar-refractivity contribution in [1.82, 2.24) is 4.90 Å². The number of methoxy groups -OCH3 is 1. The maximum Gasteiger partial charge on any atom is 0.236 e. The predicted molar refractivity (Wildman–Crippen MR) is 78.0 cm³/mol. The minimum absolute atomic E-state index is 0.00958. The Morgan fingerprint density at radius 2 is 2.11 bits per heavy atom. The van der Waals surface area contributed by atoms with E-state index < -0.39 is 5.41 Å². The summed E-state index contributed by atoms with van der Waals surface area (Å²) in [6.07, 6.45) is 1.13. The molecule has 110 valence electrons. The van der Waals surface area contributed by atoms with Crippen LogP contribution >= 0.6 is 12.2 Å². The monoisotopic (exact) mass is 288 g/mol. The van der Waals surface area contributed by atoms with Gasteiger partial charge in [0.05, 0.1) is 17.6 Å². The van der Waals surface area contributed by atoms with Crippen molar-refractivity contribution in [2.45, 2.75) is 32.7 Å². The minimum atomic E-state index is -0.744. The summed E-state index contributed by atoms with van der Waals surface area (Å²) < 4.78 is 10.5. The molecular weight excluding hydrogens is 264 g/mol. The van der Waals surface area contributed by atoms with E-state index in [1.54, 1.807) is 12.0 Å². The minimum Gasteiger partial charge on any atom is -0.392 e. The first-order valence-corrected chi connectivity index (χ1v) is 7.08. The van der Waals surface area contributed by atoms with Crippen molar-refractivity contribution in [2.24, 2.45) is 11.1 Å². The fraction of sp³-hybridized carbons (Fsp3) is 0.846. The van der Waals surface area contributed by atoms with Gasteiger partial charge in [0.1, 0.15) is 5.41 Å². The lowest BCUT2D eigenvalue weighted by Crippen LogP contribution is -2.55. The third-order valence-electron chi connectivity index (χ3n) is 3.77. The largest absolute Gasteiger partial charge is 0.392 e. The number of amides is 1. The van der Waals surface area contributed by atoms with Crippen LogP contribution in [-0.4, -0.2) is 55.3 Å². The highest BCUT2D eigenvalue weighted by molar-refractivity contribution is 7.80. The van der Waals surface area contributed by atoms with E-state index in [1.165, 1.54) is 0 Å². The molecule has 0 bridgehead atoms. The molecule has 5 nitrogen and oxygen atoms in total. The molecule has 0 aromatic rings. The highest BCUT2D eigenvalue weighted by atomic mass is 32.1. The van der Waals surface area contributed by atoms with Crippen molar-refractivity contribution >= 4 is 23.1 Å². The molecule has 1 fully saturated rings. The summed E-state index contributed by atoms with van der Waals surface area (Å²) >= 11 is 5.17. The number of ether oxygens (including phenoxy) is 2. The van der Waals surface area contributed by atoms with Crippen LogP contribution in [0.3, 0.4) is 0 Å². The summed E-state index contributed by atoms with van der Waals surface area (Å²) in [5.41, 5.74) is 5.12. The lowest BCUT2D eigenvalue weighted by Gasteiger charge is -2.40. The van der Waals surface area contributed by atoms with E-state index in [1.807, 2.05) is 13.8 Å². The van der Waals surface area contributed by atoms with Gasteiger partial charge in [0, 0.05) is 26.9 Å². The van der Waals surface area contributed by atoms with E-state index in [9.17, 15) is 4.79 Å². The van der Waals surface area contributed by atoms with Crippen LogP contribution < -0.4 is 5.73 Å². The Kier molecular flexibility index (Phi) is 6.16. The number of hydrogen-bond donors (Lipinski definition) is 1. The Hall–Kier alpha value is -0.720. The molecule has 0 aromatic heterocycles. The van der Waals surface area contributed by atoms with Crippen molar-refractivity contribution in [3.63, 3.8) is 0 Å². The maximum absolute atomic E-state index is 12.9. The number of thiocarbonyl (C=S) groups is 1. The zero-order chi connectivity index (χ0) is 14.5. The molecule has 1 atom stereocenters. The SMILES string of the molecule is CCN(C(=O)C1(C(N)=S)CCOCC1)C(C)COC. The molecule has 1 rings (SSSR count). The number of nitrogens with zero attached hydrogens (tertiary/aromatic N) is 1. The lowest BCUT2D eigenvalue weighted by atomic mass is 9.78. The number of carbonyl (C=O) groups is 1. The molecule has 0 aromatic carbocycles. The molecule has 1 amide bonds. The molecule has 0 radical (unpaired) electrons. The van der Waals surface area contributed by atoms with Gasteiger partial charge < -0.3 is 20.1 Å². The lowest BCUT2D eigenvalue weighted by molar-refractivity contribution is -0.145. The van der Waals surface area contributed by atoms with Crippen LogP contribution in [0.4, 0.5) is 0 Å². The smallest absolute Gasteiger partial charge is 0.236 e. The van der Waals surface area contributed by atoms with Crippen LogP contribution in [0.15, 0.2) is 0 Å². The highest BCUT2D eigenvalue weighted by Gasteiger charge is 2.45. The molecule has 1 heterocycles. The number of rotatable bonds is 6. The first kappa shape index (κ1) is 16.3. The summed E-state index contributed by atoms with van der Waals surface area (Å²) in [6, 6.07) is 0.0107. The van der Waals surface area contributed by atoms with Crippen LogP contribution in [0, 0.1) is 5.41 Å². The van der Waals surface area contributed by atoms with E-state index in [4.69, 9.17) is 27.4 Å². The summed E-state index contributed by atoms with van der Waals surface area (Å²) in [6.45, 7) is 6.10. The Labute approximate surface area is 120 Å². The molecule has 19 heavy (non-hydrogen) atoms. The molecule has 2 N–H and O–H groups in total. The van der Waals surface area contributed by atoms with Gasteiger partial charge in [-0.05, 0) is 26.7 Å². The Balaban J connectivity index is 2.94. The van der Waals surface area contributed by atoms with Crippen molar-refractivity contribution < 1.29 is 14.3 Å². The third kappa shape index (κ3) is 3.43. The van der Waals surface area contributed by atoms with E-state index in [0.29, 0.717) is 39.2 Å². The summed E-state index contributed by atoms with van der Waals surface area (Å²) in [5.74, 6) is 0.00958. The molecule has 1 saturated heterocycles. The molecule has 1 unspecified atom stereocenters. The Morgan fingerprint density at radius 3 is 2.53 bits per heavy atom. The number of carbonyl (C=O) groups excluding carboxylic acids is 1. The molecule has 0 aliphatic carbocycles. The topological polar surface area (TPSA) is 64.8 Å². The first-order valence-electron chi connectivity index (χ1n) is 6.67. The summed E-state index contributed by atoms with van der Waals surface area (Å²) in [7, 11) is 1.63. The maximum atomic E-state index is 12.9. The van der Waals surface area contributed by atoms with Crippen molar-refractivity contribution in [1.29, 1.82) is 0 Å². The van der Waals surface area contributed by atoms with Crippen LogP contribution in [0.1, 0.15) is 26.7 Å². The van der Waals surface area contributed by atoms with Gasteiger partial charge in [-0.2, -0.15) is 0 Å². The van der Waals surface area contributed by atoms with Crippen LogP contribution in [0.2, 0.25) is 0 Å². The van der Waals surface area contributed by atoms with Crippen LogP contribution in [-0.2, 0) is 14.3 Å². The van der Waals surface area contributed by atoms with Crippen molar-refractivity contribution in [3.05, 3.63) is 0 Å². The van der Waals surface area contributed by atoms with Crippen molar-refractivity contribution in [2.75, 3.05) is 33.5 Å². The molecular formula is C13H24N2O3S. The number of nitrogens with two attached hydrogens (primary N) is 1. The zero-order valence-corrected chi connectivity index (χ0v) is 12.8. The molecule has 0 spiro atoms. The number of hydrogen-bond acceptors (Lipinski definition) is 4. The Bertz CT molecular complexity index is 330. The average Bonchev–Trinajstić information content (AvgIpc) is 2.40. The highest BCUT2D eigenvalue weighted by Crippen LogP contribution is 2.33. The van der Waals surface area contributed by atoms with Gasteiger partial charge >= 0.3 is 0 Å². The quantitative estimate of drug-likeness (QED) is 0.737. The number of likely N-dealkylation sites (N-methyl/N-ethyl adjacent to an activating group) is 1. The second-order valence-electron chi connectivity index (χ2n) is 4.95. The normalized spacial score (nSPS) is 19.7. The van der Waals surface area contributed by atoms with Gasteiger partial charge in [-0.15, -0.1) is 0 Å². The second-order valence-corrected chi connectivity index (χ2v) is 5.39. The van der Waals surface area contributed by atoms with Gasteiger partial charge in [-0.1, -0.05) is 12.2 Å². The van der Waals surface area contributed by atoms with E-state index in [-0.39, 0.29) is 16.9 Å². The summed E-state index contributed by atoms with van der Waals surface area (Å²) in [4.78, 5) is 14.9. The fourth-order valence-electron chi connectivity index (χ4n) is 2.55. The Morgan fingerprint density at radius 1 is 1.53 bits per heavy atom. The third-order valence-corrected chi connectivity index (χ3v) is 4.16. The molecule has 6 heteroatoms. The standard InChI is InChI=1S/C13H24N2O3S/c1-4-15(10(2)9-17-3)12(16)13(11(14)19)5-7-18-8-6-13/h10H,4-9H2,1-3H3,(H2,14,19). The predicted octanol–water partition coefficient (Wildman–Crippen LogP) is 0.953. The van der Waals surface area contributed by atoms with E-state index >= 15 is 0 Å².